The molecule has 3 aromatic carbocycles. The fourth-order valence-electron chi connectivity index (χ4n) is 2.95. The Hall–Kier alpha value is -3.04. The fraction of sp³-hybridized carbons (Fsp3) is 0.167. The largest absolute Gasteiger partial charge is 0.416 e. The Morgan fingerprint density at radius 1 is 1.00 bits per heavy atom. The molecule has 1 atom stereocenters. The van der Waals surface area contributed by atoms with E-state index in [-0.39, 0.29) is 16.3 Å². The minimum atomic E-state index is -4.57. The molecule has 0 saturated carbocycles. The minimum absolute atomic E-state index is 0.00768. The third-order valence-electron chi connectivity index (χ3n) is 4.69. The topological polar surface area (TPSA) is 58.2 Å². The smallest absolute Gasteiger partial charge is 0.324 e. The SMILES string of the molecule is CCC(Sc1cccc(NC(=O)c2ccc(F)cc2)c1)C(=O)Nc1cc(C(F)(F)F)ccc1Cl. The number of thioether (sulfide) groups is 1. The molecule has 0 radical (unpaired) electrons. The summed E-state index contributed by atoms with van der Waals surface area (Å²) in [4.78, 5) is 25.8. The third kappa shape index (κ3) is 6.74. The van der Waals surface area contributed by atoms with Crippen LogP contribution in [0.25, 0.3) is 0 Å². The van der Waals surface area contributed by atoms with E-state index in [9.17, 15) is 27.2 Å². The van der Waals surface area contributed by atoms with Crippen LogP contribution in [0.3, 0.4) is 0 Å². The van der Waals surface area contributed by atoms with E-state index < -0.39 is 34.6 Å². The second-order valence-corrected chi connectivity index (χ2v) is 8.87. The van der Waals surface area contributed by atoms with Gasteiger partial charge < -0.3 is 10.6 Å². The van der Waals surface area contributed by atoms with Crippen LogP contribution in [0.4, 0.5) is 28.9 Å². The molecule has 10 heteroatoms. The number of hydrogen-bond donors (Lipinski definition) is 2. The summed E-state index contributed by atoms with van der Waals surface area (Å²) in [5.41, 5.74) is -0.294. The summed E-state index contributed by atoms with van der Waals surface area (Å²) in [5.74, 6) is -1.38. The van der Waals surface area contributed by atoms with Crippen LogP contribution in [0, 0.1) is 5.82 Å². The Morgan fingerprint density at radius 3 is 2.35 bits per heavy atom. The maximum atomic E-state index is 13.1. The van der Waals surface area contributed by atoms with E-state index in [0.29, 0.717) is 17.0 Å². The van der Waals surface area contributed by atoms with Crippen molar-refractivity contribution in [3.63, 3.8) is 0 Å². The van der Waals surface area contributed by atoms with Crippen LogP contribution >= 0.6 is 23.4 Å². The van der Waals surface area contributed by atoms with Gasteiger partial charge in [0.1, 0.15) is 5.82 Å². The number of hydrogen-bond acceptors (Lipinski definition) is 3. The first kappa shape index (κ1) is 25.6. The van der Waals surface area contributed by atoms with Gasteiger partial charge in [-0.25, -0.2) is 4.39 Å². The van der Waals surface area contributed by atoms with Gasteiger partial charge >= 0.3 is 6.18 Å². The number of carbonyl (C=O) groups excluding carboxylic acids is 2. The standard InChI is InChI=1S/C24H19ClF4N2O2S/c1-2-21(23(33)31-20-12-15(24(27,28)29)8-11-19(20)25)34-18-5-3-4-17(13-18)30-22(32)14-6-9-16(26)10-7-14/h3-13,21H,2H2,1H3,(H,30,32)(H,31,33). The molecule has 2 amide bonds. The first-order valence-corrected chi connectivity index (χ1v) is 11.3. The van der Waals surface area contributed by atoms with Crippen LogP contribution in [0.15, 0.2) is 71.6 Å². The van der Waals surface area contributed by atoms with Gasteiger partial charge in [0, 0.05) is 16.1 Å². The molecule has 1 unspecified atom stereocenters. The van der Waals surface area contributed by atoms with Crippen molar-refractivity contribution in [2.24, 2.45) is 0 Å². The van der Waals surface area contributed by atoms with Crippen molar-refractivity contribution in [2.45, 2.75) is 29.7 Å². The van der Waals surface area contributed by atoms with Crippen LogP contribution in [-0.4, -0.2) is 17.1 Å². The van der Waals surface area contributed by atoms with E-state index in [1.807, 2.05) is 0 Å². The average Bonchev–Trinajstić information content (AvgIpc) is 2.78. The van der Waals surface area contributed by atoms with Crippen LogP contribution in [-0.2, 0) is 11.0 Å². The zero-order valence-electron chi connectivity index (χ0n) is 17.7. The van der Waals surface area contributed by atoms with Gasteiger partial charge in [0.2, 0.25) is 5.91 Å². The molecule has 178 valence electrons. The van der Waals surface area contributed by atoms with Crippen LogP contribution in [0.2, 0.25) is 5.02 Å². The third-order valence-corrected chi connectivity index (χ3v) is 6.38. The lowest BCUT2D eigenvalue weighted by atomic mass is 10.2. The summed E-state index contributed by atoms with van der Waals surface area (Å²) in [6.45, 7) is 1.77. The number of carbonyl (C=O) groups is 2. The lowest BCUT2D eigenvalue weighted by Crippen LogP contribution is -2.25. The van der Waals surface area contributed by atoms with Gasteiger partial charge in [0.05, 0.1) is 21.5 Å². The summed E-state index contributed by atoms with van der Waals surface area (Å²) >= 11 is 7.17. The highest BCUT2D eigenvalue weighted by Gasteiger charge is 2.31. The van der Waals surface area contributed by atoms with Crippen molar-refractivity contribution in [3.8, 4) is 0 Å². The Bertz CT molecular complexity index is 1190. The molecule has 3 rings (SSSR count). The number of alkyl halides is 3. The summed E-state index contributed by atoms with van der Waals surface area (Å²) in [6.07, 6.45) is -4.18. The first-order valence-electron chi connectivity index (χ1n) is 10.1. The van der Waals surface area contributed by atoms with Crippen molar-refractivity contribution >= 4 is 46.6 Å². The quantitative estimate of drug-likeness (QED) is 0.260. The summed E-state index contributed by atoms with van der Waals surface area (Å²) in [5, 5.41) is 4.54. The van der Waals surface area contributed by atoms with E-state index in [1.54, 1.807) is 31.2 Å². The number of nitrogens with one attached hydrogen (secondary N) is 2. The van der Waals surface area contributed by atoms with Crippen LogP contribution in [0.5, 0.6) is 0 Å². The number of halogens is 5. The summed E-state index contributed by atoms with van der Waals surface area (Å²) < 4.78 is 52.0. The number of benzene rings is 3. The highest BCUT2D eigenvalue weighted by molar-refractivity contribution is 8.00. The maximum absolute atomic E-state index is 13.1. The zero-order valence-corrected chi connectivity index (χ0v) is 19.3. The molecule has 0 fully saturated rings. The lowest BCUT2D eigenvalue weighted by molar-refractivity contribution is -0.137. The molecule has 0 bridgehead atoms. The summed E-state index contributed by atoms with van der Waals surface area (Å²) in [7, 11) is 0. The molecular formula is C24H19ClF4N2O2S. The van der Waals surface area contributed by atoms with Crippen molar-refractivity contribution in [1.82, 2.24) is 0 Å². The Kier molecular flexibility index (Phi) is 8.22. The Labute approximate surface area is 202 Å². The number of amides is 2. The van der Waals surface area contributed by atoms with E-state index in [0.717, 1.165) is 18.2 Å². The molecule has 3 aromatic rings. The zero-order chi connectivity index (χ0) is 24.9. The van der Waals surface area contributed by atoms with Gasteiger partial charge in [-0.1, -0.05) is 24.6 Å². The van der Waals surface area contributed by atoms with Crippen molar-refractivity contribution in [3.05, 3.63) is 88.7 Å². The molecule has 0 heterocycles. The van der Waals surface area contributed by atoms with Gasteiger partial charge in [-0.15, -0.1) is 11.8 Å². The van der Waals surface area contributed by atoms with Crippen LogP contribution in [0.1, 0.15) is 29.3 Å². The Morgan fingerprint density at radius 2 is 1.71 bits per heavy atom. The number of anilines is 2. The highest BCUT2D eigenvalue weighted by Crippen LogP contribution is 2.35. The van der Waals surface area contributed by atoms with Crippen LogP contribution < -0.4 is 10.6 Å². The molecule has 34 heavy (non-hydrogen) atoms. The maximum Gasteiger partial charge on any atom is 0.416 e. The lowest BCUT2D eigenvalue weighted by Gasteiger charge is -2.17. The van der Waals surface area contributed by atoms with E-state index >= 15 is 0 Å². The summed E-state index contributed by atoms with van der Waals surface area (Å²) in [6, 6.07) is 14.6. The van der Waals surface area contributed by atoms with Gasteiger partial charge in [0.25, 0.3) is 5.91 Å². The number of rotatable bonds is 7. The molecule has 0 aliphatic rings. The van der Waals surface area contributed by atoms with Gasteiger partial charge in [-0.3, -0.25) is 9.59 Å². The fourth-order valence-corrected chi connectivity index (χ4v) is 4.13. The minimum Gasteiger partial charge on any atom is -0.324 e. The predicted molar refractivity (Wildman–Crippen MR) is 126 cm³/mol. The molecule has 0 aliphatic heterocycles. The molecule has 2 N–H and O–H groups in total. The molecule has 4 nitrogen and oxygen atoms in total. The van der Waals surface area contributed by atoms with Crippen molar-refractivity contribution < 1.29 is 27.2 Å². The molecule has 0 aliphatic carbocycles. The monoisotopic (exact) mass is 510 g/mol. The van der Waals surface area contributed by atoms with Gasteiger partial charge in [-0.2, -0.15) is 13.2 Å². The normalized spacial score (nSPS) is 12.2. The Balaban J connectivity index is 1.70. The van der Waals surface area contributed by atoms with Gasteiger partial charge in [-0.05, 0) is 67.1 Å². The van der Waals surface area contributed by atoms with Gasteiger partial charge in [0.15, 0.2) is 0 Å². The highest BCUT2D eigenvalue weighted by atomic mass is 35.5. The second-order valence-electron chi connectivity index (χ2n) is 7.19. The van der Waals surface area contributed by atoms with Crippen molar-refractivity contribution in [1.29, 1.82) is 0 Å². The van der Waals surface area contributed by atoms with Crippen molar-refractivity contribution in [2.75, 3.05) is 10.6 Å². The molecular weight excluding hydrogens is 492 g/mol. The van der Waals surface area contributed by atoms with E-state index in [1.165, 1.54) is 36.0 Å². The molecule has 0 spiro atoms. The molecule has 0 saturated heterocycles. The first-order chi connectivity index (χ1) is 16.1. The van der Waals surface area contributed by atoms with E-state index in [2.05, 4.69) is 10.6 Å². The average molecular weight is 511 g/mol. The predicted octanol–water partition coefficient (Wildman–Crippen LogP) is 7.26. The molecule has 0 aromatic heterocycles. The second kappa shape index (κ2) is 10.9. The van der Waals surface area contributed by atoms with E-state index in [4.69, 9.17) is 11.6 Å².